The van der Waals surface area contributed by atoms with Crippen molar-refractivity contribution < 1.29 is 9.53 Å². The van der Waals surface area contributed by atoms with Gasteiger partial charge < -0.3 is 15.4 Å². The van der Waals surface area contributed by atoms with Crippen LogP contribution < -0.4 is 15.4 Å². The van der Waals surface area contributed by atoms with Gasteiger partial charge in [-0.05, 0) is 62.7 Å². The lowest BCUT2D eigenvalue weighted by Gasteiger charge is -2.24. The van der Waals surface area contributed by atoms with Crippen molar-refractivity contribution in [1.82, 2.24) is 0 Å². The van der Waals surface area contributed by atoms with Gasteiger partial charge in [-0.1, -0.05) is 30.1 Å². The van der Waals surface area contributed by atoms with Crippen LogP contribution in [0.25, 0.3) is 0 Å². The maximum absolute atomic E-state index is 12.0. The van der Waals surface area contributed by atoms with E-state index in [0.29, 0.717) is 21.4 Å². The molecular formula is C18H20Cl2N2O2. The molecule has 2 aromatic carbocycles. The molecular weight excluding hydrogens is 347 g/mol. The summed E-state index contributed by atoms with van der Waals surface area (Å²) in [6, 6.07) is 11.8. The molecule has 0 spiro atoms. The fourth-order valence-electron chi connectivity index (χ4n) is 1.86. The molecule has 2 amide bonds. The van der Waals surface area contributed by atoms with Gasteiger partial charge in [0.25, 0.3) is 0 Å². The number of amides is 2. The number of hydrogen-bond donors (Lipinski definition) is 2. The third-order valence-electron chi connectivity index (χ3n) is 3.54. The smallest absolute Gasteiger partial charge is 0.323 e. The van der Waals surface area contributed by atoms with Gasteiger partial charge in [0.05, 0.1) is 10.0 Å². The molecule has 0 aliphatic carbocycles. The number of ether oxygens (including phenoxy) is 1. The Morgan fingerprint density at radius 1 is 1.00 bits per heavy atom. The summed E-state index contributed by atoms with van der Waals surface area (Å²) in [5.74, 6) is 0.761. The van der Waals surface area contributed by atoms with E-state index < -0.39 is 0 Å². The number of hydrogen-bond acceptors (Lipinski definition) is 2. The number of carbonyl (C=O) groups excluding carboxylic acids is 1. The highest BCUT2D eigenvalue weighted by Gasteiger charge is 2.16. The molecule has 2 N–H and O–H groups in total. The second kappa shape index (κ2) is 7.77. The van der Waals surface area contributed by atoms with E-state index in [1.165, 1.54) is 0 Å². The summed E-state index contributed by atoms with van der Waals surface area (Å²) in [4.78, 5) is 12.0. The number of halogens is 2. The first-order valence-electron chi connectivity index (χ1n) is 7.61. The number of benzene rings is 2. The van der Waals surface area contributed by atoms with Gasteiger partial charge in [0, 0.05) is 11.4 Å². The molecule has 0 saturated heterocycles. The Kier molecular flexibility index (Phi) is 5.97. The number of rotatable bonds is 5. The SMILES string of the molecule is CCC(C)(C)Oc1ccc(NC(=O)Nc2ccc(Cl)c(Cl)c2)cc1. The lowest BCUT2D eigenvalue weighted by atomic mass is 10.1. The monoisotopic (exact) mass is 366 g/mol. The molecule has 128 valence electrons. The Morgan fingerprint density at radius 2 is 1.58 bits per heavy atom. The average Bonchev–Trinajstić information content (AvgIpc) is 2.52. The number of carbonyl (C=O) groups is 1. The van der Waals surface area contributed by atoms with Crippen LogP contribution in [-0.2, 0) is 0 Å². The summed E-state index contributed by atoms with van der Waals surface area (Å²) >= 11 is 11.8. The Morgan fingerprint density at radius 3 is 2.17 bits per heavy atom. The van der Waals surface area contributed by atoms with Crippen molar-refractivity contribution in [1.29, 1.82) is 0 Å². The first-order valence-corrected chi connectivity index (χ1v) is 8.37. The van der Waals surface area contributed by atoms with Crippen molar-refractivity contribution in [3.05, 3.63) is 52.5 Å². The van der Waals surface area contributed by atoms with Gasteiger partial charge in [-0.25, -0.2) is 4.79 Å². The zero-order valence-electron chi connectivity index (χ0n) is 13.8. The summed E-state index contributed by atoms with van der Waals surface area (Å²) in [6.45, 7) is 6.14. The molecule has 0 atom stereocenters. The van der Waals surface area contributed by atoms with Crippen molar-refractivity contribution in [3.63, 3.8) is 0 Å². The number of anilines is 2. The van der Waals surface area contributed by atoms with Gasteiger partial charge in [0.1, 0.15) is 11.4 Å². The zero-order chi connectivity index (χ0) is 17.7. The van der Waals surface area contributed by atoms with Crippen molar-refractivity contribution in [2.45, 2.75) is 32.8 Å². The van der Waals surface area contributed by atoms with E-state index >= 15 is 0 Å². The molecule has 0 saturated carbocycles. The van der Waals surface area contributed by atoms with Crippen molar-refractivity contribution in [3.8, 4) is 5.75 Å². The average molecular weight is 367 g/mol. The lowest BCUT2D eigenvalue weighted by Crippen LogP contribution is -2.26. The van der Waals surface area contributed by atoms with Crippen LogP contribution in [0.15, 0.2) is 42.5 Å². The molecule has 6 heteroatoms. The van der Waals surface area contributed by atoms with Crippen molar-refractivity contribution in [2.75, 3.05) is 10.6 Å². The fourth-order valence-corrected chi connectivity index (χ4v) is 2.16. The van der Waals surface area contributed by atoms with E-state index in [2.05, 4.69) is 17.6 Å². The van der Waals surface area contributed by atoms with Crippen LogP contribution in [0, 0.1) is 0 Å². The summed E-state index contributed by atoms with van der Waals surface area (Å²) < 4.78 is 5.88. The van der Waals surface area contributed by atoms with Gasteiger partial charge in [-0.3, -0.25) is 0 Å². The van der Waals surface area contributed by atoms with E-state index in [1.807, 2.05) is 26.0 Å². The van der Waals surface area contributed by atoms with Gasteiger partial charge in [-0.15, -0.1) is 0 Å². The topological polar surface area (TPSA) is 50.4 Å². The molecule has 0 fully saturated rings. The third-order valence-corrected chi connectivity index (χ3v) is 4.27. The largest absolute Gasteiger partial charge is 0.488 e. The maximum Gasteiger partial charge on any atom is 0.323 e. The molecule has 2 rings (SSSR count). The quantitative estimate of drug-likeness (QED) is 0.661. The Labute approximate surface area is 152 Å². The second-order valence-corrected chi connectivity index (χ2v) is 6.76. The van der Waals surface area contributed by atoms with E-state index in [1.54, 1.807) is 30.3 Å². The van der Waals surface area contributed by atoms with Crippen LogP contribution in [0.1, 0.15) is 27.2 Å². The van der Waals surface area contributed by atoms with Crippen LogP contribution in [0.4, 0.5) is 16.2 Å². The van der Waals surface area contributed by atoms with Gasteiger partial charge in [-0.2, -0.15) is 0 Å². The molecule has 0 unspecified atom stereocenters. The first kappa shape index (κ1) is 18.4. The van der Waals surface area contributed by atoms with E-state index in [9.17, 15) is 4.79 Å². The predicted octanol–water partition coefficient (Wildman–Crippen LogP) is 6.20. The van der Waals surface area contributed by atoms with Crippen LogP contribution in [0.3, 0.4) is 0 Å². The highest BCUT2D eigenvalue weighted by molar-refractivity contribution is 6.42. The molecule has 0 aromatic heterocycles. The molecule has 2 aromatic rings. The molecule has 0 heterocycles. The highest BCUT2D eigenvalue weighted by atomic mass is 35.5. The minimum absolute atomic E-state index is 0.222. The van der Waals surface area contributed by atoms with Crippen molar-refractivity contribution >= 4 is 40.6 Å². The summed E-state index contributed by atoms with van der Waals surface area (Å²) in [5.41, 5.74) is 1.00. The minimum atomic E-state index is -0.365. The van der Waals surface area contributed by atoms with Gasteiger partial charge >= 0.3 is 6.03 Å². The van der Waals surface area contributed by atoms with E-state index in [4.69, 9.17) is 27.9 Å². The molecule has 0 aliphatic rings. The summed E-state index contributed by atoms with van der Waals surface area (Å²) in [6.07, 6.45) is 0.902. The predicted molar refractivity (Wildman–Crippen MR) is 101 cm³/mol. The zero-order valence-corrected chi connectivity index (χ0v) is 15.3. The maximum atomic E-state index is 12.0. The Balaban J connectivity index is 1.95. The minimum Gasteiger partial charge on any atom is -0.488 e. The van der Waals surface area contributed by atoms with Crippen LogP contribution in [-0.4, -0.2) is 11.6 Å². The first-order chi connectivity index (χ1) is 11.3. The molecule has 4 nitrogen and oxygen atoms in total. The standard InChI is InChI=1S/C18H20Cl2N2O2/c1-4-18(2,3)24-14-8-5-12(6-9-14)21-17(23)22-13-7-10-15(19)16(20)11-13/h5-11H,4H2,1-3H3,(H2,21,22,23). The Bertz CT molecular complexity index is 715. The van der Waals surface area contributed by atoms with Gasteiger partial charge in [0.2, 0.25) is 0 Å². The second-order valence-electron chi connectivity index (χ2n) is 5.95. The summed E-state index contributed by atoms with van der Waals surface area (Å²) in [7, 11) is 0. The molecule has 0 radical (unpaired) electrons. The lowest BCUT2D eigenvalue weighted by molar-refractivity contribution is 0.105. The Hall–Kier alpha value is -1.91. The molecule has 0 bridgehead atoms. The molecule has 24 heavy (non-hydrogen) atoms. The summed E-state index contributed by atoms with van der Waals surface area (Å²) in [5, 5.41) is 6.26. The van der Waals surface area contributed by atoms with Crippen LogP contribution in [0.5, 0.6) is 5.75 Å². The fraction of sp³-hybridized carbons (Fsp3) is 0.278. The van der Waals surface area contributed by atoms with Crippen LogP contribution >= 0.6 is 23.2 Å². The number of urea groups is 1. The highest BCUT2D eigenvalue weighted by Crippen LogP contribution is 2.25. The van der Waals surface area contributed by atoms with Crippen LogP contribution in [0.2, 0.25) is 10.0 Å². The normalized spacial score (nSPS) is 11.0. The third kappa shape index (κ3) is 5.32. The number of nitrogens with one attached hydrogen (secondary N) is 2. The van der Waals surface area contributed by atoms with Crippen molar-refractivity contribution in [2.24, 2.45) is 0 Å². The van der Waals surface area contributed by atoms with E-state index in [-0.39, 0.29) is 11.6 Å². The van der Waals surface area contributed by atoms with Gasteiger partial charge in [0.15, 0.2) is 0 Å². The molecule has 0 aliphatic heterocycles. The van der Waals surface area contributed by atoms with E-state index in [0.717, 1.165) is 12.2 Å².